The molecule has 0 spiro atoms. The number of rotatable bonds is 4. The SMILES string of the molecule is COc1ccc2c(c1)CCN(CCN1CCCC1C)C2. The lowest BCUT2D eigenvalue weighted by atomic mass is 9.99. The number of likely N-dealkylation sites (tertiary alicyclic amines) is 1. The molecule has 1 aromatic carbocycles. The van der Waals surface area contributed by atoms with E-state index in [1.807, 2.05) is 0 Å². The number of hydrogen-bond acceptors (Lipinski definition) is 3. The van der Waals surface area contributed by atoms with E-state index in [2.05, 4.69) is 34.9 Å². The van der Waals surface area contributed by atoms with E-state index in [0.29, 0.717) is 0 Å². The summed E-state index contributed by atoms with van der Waals surface area (Å²) in [5.74, 6) is 0.989. The van der Waals surface area contributed by atoms with E-state index in [9.17, 15) is 0 Å². The number of methoxy groups -OCH3 is 1. The molecule has 3 heteroatoms. The third-order valence-electron chi connectivity index (χ3n) is 4.90. The molecule has 0 aliphatic carbocycles. The molecule has 1 unspecified atom stereocenters. The Morgan fingerprint density at radius 3 is 2.85 bits per heavy atom. The number of ether oxygens (including phenoxy) is 1. The molecule has 20 heavy (non-hydrogen) atoms. The van der Waals surface area contributed by atoms with Gasteiger partial charge in [0.15, 0.2) is 0 Å². The second-order valence-corrected chi connectivity index (χ2v) is 6.19. The highest BCUT2D eigenvalue weighted by Crippen LogP contribution is 2.24. The lowest BCUT2D eigenvalue weighted by Crippen LogP contribution is -2.39. The predicted octanol–water partition coefficient (Wildman–Crippen LogP) is 2.54. The molecule has 110 valence electrons. The first-order chi connectivity index (χ1) is 9.76. The van der Waals surface area contributed by atoms with Gasteiger partial charge in [-0.1, -0.05) is 6.07 Å². The van der Waals surface area contributed by atoms with E-state index in [1.165, 1.54) is 50.1 Å². The van der Waals surface area contributed by atoms with Crippen molar-refractivity contribution >= 4 is 0 Å². The summed E-state index contributed by atoms with van der Waals surface area (Å²) in [4.78, 5) is 5.24. The van der Waals surface area contributed by atoms with E-state index in [0.717, 1.165) is 24.8 Å². The Bertz CT molecular complexity index is 460. The van der Waals surface area contributed by atoms with Crippen molar-refractivity contribution < 1.29 is 4.74 Å². The standard InChI is InChI=1S/C17H26N2O/c1-14-4-3-8-19(14)11-10-18-9-7-15-12-17(20-2)6-5-16(15)13-18/h5-6,12,14H,3-4,7-11,13H2,1-2H3. The van der Waals surface area contributed by atoms with Crippen LogP contribution in [0.1, 0.15) is 30.9 Å². The van der Waals surface area contributed by atoms with Gasteiger partial charge in [-0.15, -0.1) is 0 Å². The van der Waals surface area contributed by atoms with E-state index >= 15 is 0 Å². The second-order valence-electron chi connectivity index (χ2n) is 6.19. The van der Waals surface area contributed by atoms with Crippen LogP contribution in [0.25, 0.3) is 0 Å². The molecular formula is C17H26N2O. The summed E-state index contributed by atoms with van der Waals surface area (Å²) >= 11 is 0. The van der Waals surface area contributed by atoms with Gasteiger partial charge in [-0.25, -0.2) is 0 Å². The molecule has 2 aliphatic rings. The summed E-state index contributed by atoms with van der Waals surface area (Å²) in [5.41, 5.74) is 2.95. The van der Waals surface area contributed by atoms with Crippen LogP contribution < -0.4 is 4.74 Å². The molecule has 2 aliphatic heterocycles. The smallest absolute Gasteiger partial charge is 0.119 e. The fourth-order valence-electron chi connectivity index (χ4n) is 3.50. The van der Waals surface area contributed by atoms with Crippen molar-refractivity contribution in [3.8, 4) is 5.75 Å². The van der Waals surface area contributed by atoms with Crippen molar-refractivity contribution in [3.63, 3.8) is 0 Å². The molecule has 0 amide bonds. The second kappa shape index (κ2) is 6.15. The van der Waals surface area contributed by atoms with Crippen LogP contribution in [0.3, 0.4) is 0 Å². The molecule has 1 aromatic rings. The monoisotopic (exact) mass is 274 g/mol. The lowest BCUT2D eigenvalue weighted by Gasteiger charge is -2.31. The Morgan fingerprint density at radius 1 is 1.20 bits per heavy atom. The summed E-state index contributed by atoms with van der Waals surface area (Å²) in [6, 6.07) is 7.31. The van der Waals surface area contributed by atoms with Gasteiger partial charge in [-0.3, -0.25) is 9.80 Å². The minimum Gasteiger partial charge on any atom is -0.497 e. The topological polar surface area (TPSA) is 15.7 Å². The van der Waals surface area contributed by atoms with Crippen LogP contribution in [-0.2, 0) is 13.0 Å². The Hall–Kier alpha value is -1.06. The number of fused-ring (bicyclic) bond motifs is 1. The lowest BCUT2D eigenvalue weighted by molar-refractivity contribution is 0.189. The molecule has 1 atom stereocenters. The van der Waals surface area contributed by atoms with Gasteiger partial charge in [0.2, 0.25) is 0 Å². The Balaban J connectivity index is 1.55. The molecule has 0 bridgehead atoms. The largest absolute Gasteiger partial charge is 0.497 e. The number of benzene rings is 1. The van der Waals surface area contributed by atoms with Gasteiger partial charge >= 0.3 is 0 Å². The van der Waals surface area contributed by atoms with Gasteiger partial charge in [0.1, 0.15) is 5.75 Å². The zero-order valence-electron chi connectivity index (χ0n) is 12.8. The van der Waals surface area contributed by atoms with Crippen LogP contribution in [-0.4, -0.2) is 49.1 Å². The maximum absolute atomic E-state index is 5.31. The van der Waals surface area contributed by atoms with Crippen LogP contribution in [0, 0.1) is 0 Å². The molecule has 0 aromatic heterocycles. The quantitative estimate of drug-likeness (QED) is 0.839. The summed E-state index contributed by atoms with van der Waals surface area (Å²) in [6.07, 6.45) is 3.91. The van der Waals surface area contributed by atoms with Crippen LogP contribution in [0.5, 0.6) is 5.75 Å². The van der Waals surface area contributed by atoms with E-state index in [-0.39, 0.29) is 0 Å². The predicted molar refractivity (Wildman–Crippen MR) is 82.2 cm³/mol. The third-order valence-corrected chi connectivity index (χ3v) is 4.90. The molecule has 3 rings (SSSR count). The van der Waals surface area contributed by atoms with Gasteiger partial charge < -0.3 is 4.74 Å². The average Bonchev–Trinajstić information content (AvgIpc) is 2.89. The van der Waals surface area contributed by atoms with E-state index in [4.69, 9.17) is 4.74 Å². The average molecular weight is 274 g/mol. The third kappa shape index (κ3) is 2.99. The zero-order chi connectivity index (χ0) is 13.9. The molecule has 0 saturated carbocycles. The molecule has 1 fully saturated rings. The van der Waals surface area contributed by atoms with E-state index < -0.39 is 0 Å². The van der Waals surface area contributed by atoms with Crippen LogP contribution in [0.4, 0.5) is 0 Å². The highest BCUT2D eigenvalue weighted by Gasteiger charge is 2.22. The number of hydrogen-bond donors (Lipinski definition) is 0. The first-order valence-electron chi connectivity index (χ1n) is 7.88. The highest BCUT2D eigenvalue weighted by molar-refractivity contribution is 5.37. The van der Waals surface area contributed by atoms with Crippen molar-refractivity contribution in [2.75, 3.05) is 33.3 Å². The fourth-order valence-corrected chi connectivity index (χ4v) is 3.50. The Kier molecular flexibility index (Phi) is 4.27. The molecule has 2 heterocycles. The van der Waals surface area contributed by atoms with Crippen molar-refractivity contribution in [1.82, 2.24) is 9.80 Å². The zero-order valence-corrected chi connectivity index (χ0v) is 12.8. The van der Waals surface area contributed by atoms with Crippen LogP contribution in [0.2, 0.25) is 0 Å². The molecule has 0 radical (unpaired) electrons. The Labute approximate surface area is 122 Å². The van der Waals surface area contributed by atoms with Gasteiger partial charge in [-0.2, -0.15) is 0 Å². The summed E-state index contributed by atoms with van der Waals surface area (Å²) in [6.45, 7) is 8.37. The van der Waals surface area contributed by atoms with Crippen LogP contribution >= 0.6 is 0 Å². The van der Waals surface area contributed by atoms with Crippen molar-refractivity contribution in [3.05, 3.63) is 29.3 Å². The highest BCUT2D eigenvalue weighted by atomic mass is 16.5. The van der Waals surface area contributed by atoms with Gasteiger partial charge in [0.25, 0.3) is 0 Å². The van der Waals surface area contributed by atoms with Crippen molar-refractivity contribution in [2.24, 2.45) is 0 Å². The summed E-state index contributed by atoms with van der Waals surface area (Å²) in [7, 11) is 1.74. The molecular weight excluding hydrogens is 248 g/mol. The summed E-state index contributed by atoms with van der Waals surface area (Å²) < 4.78 is 5.31. The molecule has 3 nitrogen and oxygen atoms in total. The minimum atomic E-state index is 0.788. The van der Waals surface area contributed by atoms with Crippen molar-refractivity contribution in [2.45, 2.75) is 38.8 Å². The van der Waals surface area contributed by atoms with Crippen molar-refractivity contribution in [1.29, 1.82) is 0 Å². The van der Waals surface area contributed by atoms with Gasteiger partial charge in [0.05, 0.1) is 7.11 Å². The number of nitrogens with zero attached hydrogens (tertiary/aromatic N) is 2. The first kappa shape index (κ1) is 13.9. The summed E-state index contributed by atoms with van der Waals surface area (Å²) in [5, 5.41) is 0. The first-order valence-corrected chi connectivity index (χ1v) is 7.88. The van der Waals surface area contributed by atoms with Gasteiger partial charge in [-0.05, 0) is 56.0 Å². The van der Waals surface area contributed by atoms with Gasteiger partial charge in [0, 0.05) is 32.2 Å². The Morgan fingerprint density at radius 2 is 2.10 bits per heavy atom. The maximum atomic E-state index is 5.31. The maximum Gasteiger partial charge on any atom is 0.119 e. The molecule has 0 N–H and O–H groups in total. The van der Waals surface area contributed by atoms with Crippen LogP contribution in [0.15, 0.2) is 18.2 Å². The van der Waals surface area contributed by atoms with E-state index in [1.54, 1.807) is 7.11 Å². The molecule has 1 saturated heterocycles. The fraction of sp³-hybridized carbons (Fsp3) is 0.647. The minimum absolute atomic E-state index is 0.788. The normalized spacial score (nSPS) is 23.8.